The minimum absolute atomic E-state index is 0.300. The SMILES string of the molecule is O=S(=O)(c1ccc(N=Cc2ccc(Br)cc2)cc1)N1CCc2ccccc2C1. The van der Waals surface area contributed by atoms with E-state index in [4.69, 9.17) is 0 Å². The number of sulfonamides is 1. The first-order chi connectivity index (χ1) is 13.5. The molecule has 3 aromatic rings. The molecule has 1 heterocycles. The van der Waals surface area contributed by atoms with Crippen molar-refractivity contribution >= 4 is 37.9 Å². The Hall–Kier alpha value is -2.28. The maximum atomic E-state index is 13.0. The van der Waals surface area contributed by atoms with Crippen LogP contribution in [0.2, 0.25) is 0 Å². The second-order valence-electron chi connectivity index (χ2n) is 6.66. The molecule has 0 N–H and O–H groups in total. The van der Waals surface area contributed by atoms with Gasteiger partial charge in [-0.15, -0.1) is 0 Å². The van der Waals surface area contributed by atoms with Gasteiger partial charge in [-0.3, -0.25) is 4.99 Å². The predicted molar refractivity (Wildman–Crippen MR) is 116 cm³/mol. The second kappa shape index (κ2) is 7.99. The average Bonchev–Trinajstić information content (AvgIpc) is 2.73. The summed E-state index contributed by atoms with van der Waals surface area (Å²) in [7, 11) is -3.52. The summed E-state index contributed by atoms with van der Waals surface area (Å²) in [4.78, 5) is 4.72. The highest BCUT2D eigenvalue weighted by molar-refractivity contribution is 9.10. The Bertz CT molecular complexity index is 1110. The minimum Gasteiger partial charge on any atom is -0.256 e. The lowest BCUT2D eigenvalue weighted by Gasteiger charge is -2.28. The van der Waals surface area contributed by atoms with Gasteiger partial charge in [-0.05, 0) is 59.5 Å². The first kappa shape index (κ1) is 19.1. The van der Waals surface area contributed by atoms with E-state index in [0.29, 0.717) is 23.7 Å². The van der Waals surface area contributed by atoms with Gasteiger partial charge in [0.25, 0.3) is 0 Å². The number of hydrogen-bond donors (Lipinski definition) is 0. The van der Waals surface area contributed by atoms with Crippen LogP contribution in [-0.2, 0) is 23.0 Å². The Morgan fingerprint density at radius 1 is 0.893 bits per heavy atom. The zero-order valence-corrected chi connectivity index (χ0v) is 17.5. The van der Waals surface area contributed by atoms with Crippen molar-refractivity contribution in [2.24, 2.45) is 4.99 Å². The molecule has 3 aromatic carbocycles. The number of aliphatic imine (C=N–C) groups is 1. The predicted octanol–water partition coefficient (Wildman–Crippen LogP) is 4.95. The van der Waals surface area contributed by atoms with Crippen LogP contribution in [0, 0.1) is 0 Å². The van der Waals surface area contributed by atoms with E-state index in [9.17, 15) is 8.42 Å². The van der Waals surface area contributed by atoms with Crippen LogP contribution < -0.4 is 0 Å². The molecule has 4 rings (SSSR count). The molecular formula is C22H19BrN2O2S. The van der Waals surface area contributed by atoms with Crippen LogP contribution in [0.5, 0.6) is 0 Å². The van der Waals surface area contributed by atoms with E-state index in [1.807, 2.05) is 42.5 Å². The molecule has 1 aliphatic rings. The fourth-order valence-corrected chi connectivity index (χ4v) is 4.91. The molecule has 0 bridgehead atoms. The van der Waals surface area contributed by atoms with Gasteiger partial charge in [-0.1, -0.05) is 52.3 Å². The summed E-state index contributed by atoms with van der Waals surface area (Å²) in [6, 6.07) is 22.6. The van der Waals surface area contributed by atoms with Crippen molar-refractivity contribution in [1.29, 1.82) is 0 Å². The van der Waals surface area contributed by atoms with Crippen LogP contribution in [0.4, 0.5) is 5.69 Å². The third-order valence-electron chi connectivity index (χ3n) is 4.80. The third kappa shape index (κ3) is 4.09. The summed E-state index contributed by atoms with van der Waals surface area (Å²) in [5.74, 6) is 0. The fraction of sp³-hybridized carbons (Fsp3) is 0.136. The lowest BCUT2D eigenvalue weighted by molar-refractivity contribution is 0.391. The standard InChI is InChI=1S/C22H19BrN2O2S/c23-20-7-5-17(6-8-20)15-24-21-9-11-22(12-10-21)28(26,27)25-14-13-18-3-1-2-4-19(18)16-25/h1-12,15H,13-14,16H2. The first-order valence-electron chi connectivity index (χ1n) is 8.99. The quantitative estimate of drug-likeness (QED) is 0.523. The smallest absolute Gasteiger partial charge is 0.243 e. The maximum Gasteiger partial charge on any atom is 0.243 e. The molecule has 0 spiro atoms. The van der Waals surface area contributed by atoms with Crippen LogP contribution in [0.15, 0.2) is 87.2 Å². The zero-order valence-electron chi connectivity index (χ0n) is 15.1. The van der Waals surface area contributed by atoms with Gasteiger partial charge in [0.2, 0.25) is 10.0 Å². The van der Waals surface area contributed by atoms with E-state index in [2.05, 4.69) is 27.0 Å². The summed E-state index contributed by atoms with van der Waals surface area (Å²) in [6.07, 6.45) is 2.50. The minimum atomic E-state index is -3.52. The Balaban J connectivity index is 1.51. The van der Waals surface area contributed by atoms with Crippen molar-refractivity contribution in [2.45, 2.75) is 17.9 Å². The Labute approximate surface area is 173 Å². The van der Waals surface area contributed by atoms with Crippen molar-refractivity contribution < 1.29 is 8.42 Å². The molecule has 0 unspecified atom stereocenters. The number of rotatable bonds is 4. The summed E-state index contributed by atoms with van der Waals surface area (Å²) >= 11 is 3.40. The van der Waals surface area contributed by atoms with Gasteiger partial charge >= 0.3 is 0 Å². The largest absolute Gasteiger partial charge is 0.256 e. The van der Waals surface area contributed by atoms with Gasteiger partial charge in [-0.2, -0.15) is 4.31 Å². The average molecular weight is 455 g/mol. The highest BCUT2D eigenvalue weighted by Crippen LogP contribution is 2.26. The van der Waals surface area contributed by atoms with Crippen molar-refractivity contribution in [1.82, 2.24) is 4.31 Å². The number of fused-ring (bicyclic) bond motifs is 1. The van der Waals surface area contributed by atoms with E-state index in [-0.39, 0.29) is 0 Å². The lowest BCUT2D eigenvalue weighted by atomic mass is 10.0. The summed E-state index contributed by atoms with van der Waals surface area (Å²) in [5.41, 5.74) is 4.00. The lowest BCUT2D eigenvalue weighted by Crippen LogP contribution is -2.35. The van der Waals surface area contributed by atoms with E-state index in [1.54, 1.807) is 34.8 Å². The number of hydrogen-bond acceptors (Lipinski definition) is 3. The molecule has 0 saturated carbocycles. The molecule has 142 valence electrons. The van der Waals surface area contributed by atoms with Crippen LogP contribution >= 0.6 is 15.9 Å². The molecule has 4 nitrogen and oxygen atoms in total. The fourth-order valence-electron chi connectivity index (χ4n) is 3.23. The van der Waals surface area contributed by atoms with E-state index in [1.165, 1.54) is 5.56 Å². The molecule has 0 aromatic heterocycles. The Morgan fingerprint density at radius 2 is 1.57 bits per heavy atom. The van der Waals surface area contributed by atoms with Crippen LogP contribution in [0.1, 0.15) is 16.7 Å². The topological polar surface area (TPSA) is 49.7 Å². The molecule has 6 heteroatoms. The highest BCUT2D eigenvalue weighted by Gasteiger charge is 2.27. The Kier molecular flexibility index (Phi) is 5.44. The molecule has 0 radical (unpaired) electrons. The second-order valence-corrected chi connectivity index (χ2v) is 9.51. The molecule has 0 atom stereocenters. The van der Waals surface area contributed by atoms with Gasteiger partial charge in [0, 0.05) is 23.8 Å². The molecule has 28 heavy (non-hydrogen) atoms. The van der Waals surface area contributed by atoms with E-state index >= 15 is 0 Å². The number of benzene rings is 3. The van der Waals surface area contributed by atoms with E-state index in [0.717, 1.165) is 22.0 Å². The molecule has 0 saturated heterocycles. The van der Waals surface area contributed by atoms with Gasteiger partial charge in [-0.25, -0.2) is 8.42 Å². The monoisotopic (exact) mass is 454 g/mol. The molecule has 0 amide bonds. The van der Waals surface area contributed by atoms with Crippen LogP contribution in [-0.4, -0.2) is 25.5 Å². The molecular weight excluding hydrogens is 436 g/mol. The summed E-state index contributed by atoms with van der Waals surface area (Å²) < 4.78 is 28.6. The van der Waals surface area contributed by atoms with Crippen LogP contribution in [0.25, 0.3) is 0 Å². The van der Waals surface area contributed by atoms with Crippen molar-refractivity contribution in [3.63, 3.8) is 0 Å². The van der Waals surface area contributed by atoms with Crippen LogP contribution in [0.3, 0.4) is 0 Å². The number of halogens is 1. The van der Waals surface area contributed by atoms with Crippen molar-refractivity contribution in [3.05, 3.63) is 94.0 Å². The van der Waals surface area contributed by atoms with Gasteiger partial charge in [0.1, 0.15) is 0 Å². The maximum absolute atomic E-state index is 13.0. The van der Waals surface area contributed by atoms with Gasteiger partial charge in [0.15, 0.2) is 0 Å². The molecule has 1 aliphatic heterocycles. The highest BCUT2D eigenvalue weighted by atomic mass is 79.9. The molecule has 0 aliphatic carbocycles. The van der Waals surface area contributed by atoms with Gasteiger partial charge < -0.3 is 0 Å². The first-order valence-corrected chi connectivity index (χ1v) is 11.2. The van der Waals surface area contributed by atoms with Crippen molar-refractivity contribution in [2.75, 3.05) is 6.54 Å². The Morgan fingerprint density at radius 3 is 2.29 bits per heavy atom. The summed E-state index contributed by atoms with van der Waals surface area (Å²) in [6.45, 7) is 0.921. The number of nitrogens with zero attached hydrogens (tertiary/aromatic N) is 2. The zero-order chi connectivity index (χ0) is 19.6. The molecule has 0 fully saturated rings. The van der Waals surface area contributed by atoms with E-state index < -0.39 is 10.0 Å². The van der Waals surface area contributed by atoms with Crippen molar-refractivity contribution in [3.8, 4) is 0 Å². The third-order valence-corrected chi connectivity index (χ3v) is 7.19. The summed E-state index contributed by atoms with van der Waals surface area (Å²) in [5, 5.41) is 0. The normalized spacial score (nSPS) is 14.9. The van der Waals surface area contributed by atoms with Gasteiger partial charge in [0.05, 0.1) is 10.6 Å².